The number of hydrogen-bond donors (Lipinski definition) is 1. The van der Waals surface area contributed by atoms with Crippen molar-refractivity contribution in [1.82, 2.24) is 20.2 Å². The monoisotopic (exact) mass is 273 g/mol. The molecule has 106 valence electrons. The standard InChI is InChI=1S/C14H19N5O/c1-2-12-18-19-13(20-12)9-10-4-5-11(8-10)17-14-15-6-3-7-16-14/h3,6-7,10-11H,2,4-5,8-9H2,1H3,(H,15,16,17)/t10-,11+/m1/s1. The molecule has 1 N–H and O–H groups in total. The summed E-state index contributed by atoms with van der Waals surface area (Å²) >= 11 is 0. The molecule has 0 spiro atoms. The van der Waals surface area contributed by atoms with E-state index in [2.05, 4.69) is 25.5 Å². The lowest BCUT2D eigenvalue weighted by Gasteiger charge is -2.12. The maximum absolute atomic E-state index is 5.58. The molecule has 2 aromatic rings. The van der Waals surface area contributed by atoms with Crippen LogP contribution in [0.5, 0.6) is 0 Å². The van der Waals surface area contributed by atoms with Crippen LogP contribution in [0.1, 0.15) is 38.0 Å². The van der Waals surface area contributed by atoms with Crippen LogP contribution in [0.3, 0.4) is 0 Å². The smallest absolute Gasteiger partial charge is 0.222 e. The number of hydrogen-bond acceptors (Lipinski definition) is 6. The second kappa shape index (κ2) is 5.98. The summed E-state index contributed by atoms with van der Waals surface area (Å²) in [6.07, 6.45) is 8.60. The molecule has 6 heteroatoms. The third kappa shape index (κ3) is 3.12. The number of aromatic nitrogens is 4. The van der Waals surface area contributed by atoms with Gasteiger partial charge in [-0.25, -0.2) is 9.97 Å². The van der Waals surface area contributed by atoms with Crippen molar-refractivity contribution in [2.75, 3.05) is 5.32 Å². The Morgan fingerprint density at radius 1 is 1.20 bits per heavy atom. The average Bonchev–Trinajstić information content (AvgIpc) is 3.10. The highest BCUT2D eigenvalue weighted by Crippen LogP contribution is 2.29. The Morgan fingerprint density at radius 3 is 2.75 bits per heavy atom. The van der Waals surface area contributed by atoms with E-state index in [1.807, 2.05) is 13.0 Å². The minimum atomic E-state index is 0.441. The summed E-state index contributed by atoms with van der Waals surface area (Å²) in [7, 11) is 0. The van der Waals surface area contributed by atoms with Gasteiger partial charge in [-0.05, 0) is 31.2 Å². The largest absolute Gasteiger partial charge is 0.425 e. The van der Waals surface area contributed by atoms with Gasteiger partial charge in [0.15, 0.2) is 0 Å². The minimum absolute atomic E-state index is 0.441. The van der Waals surface area contributed by atoms with E-state index in [1.165, 1.54) is 6.42 Å². The molecule has 20 heavy (non-hydrogen) atoms. The van der Waals surface area contributed by atoms with Gasteiger partial charge in [0.25, 0.3) is 0 Å². The zero-order valence-corrected chi connectivity index (χ0v) is 11.6. The first-order valence-electron chi connectivity index (χ1n) is 7.18. The summed E-state index contributed by atoms with van der Waals surface area (Å²) in [5, 5.41) is 11.5. The van der Waals surface area contributed by atoms with E-state index in [0.29, 0.717) is 17.9 Å². The predicted octanol–water partition coefficient (Wildman–Crippen LogP) is 2.25. The van der Waals surface area contributed by atoms with Crippen LogP contribution in [0, 0.1) is 5.92 Å². The quantitative estimate of drug-likeness (QED) is 0.900. The second-order valence-corrected chi connectivity index (χ2v) is 5.24. The fraction of sp³-hybridized carbons (Fsp3) is 0.571. The van der Waals surface area contributed by atoms with Crippen LogP contribution in [0.15, 0.2) is 22.9 Å². The van der Waals surface area contributed by atoms with Crippen molar-refractivity contribution >= 4 is 5.95 Å². The second-order valence-electron chi connectivity index (χ2n) is 5.24. The van der Waals surface area contributed by atoms with Gasteiger partial charge < -0.3 is 9.73 Å². The molecule has 0 bridgehead atoms. The SMILES string of the molecule is CCc1nnc(C[C@@H]2CC[C@H](Nc3ncccn3)C2)o1. The van der Waals surface area contributed by atoms with E-state index < -0.39 is 0 Å². The van der Waals surface area contributed by atoms with Crippen molar-refractivity contribution in [3.8, 4) is 0 Å². The molecule has 0 unspecified atom stereocenters. The number of nitrogens with one attached hydrogen (secondary N) is 1. The fourth-order valence-corrected chi connectivity index (χ4v) is 2.71. The van der Waals surface area contributed by atoms with Crippen molar-refractivity contribution in [2.45, 2.75) is 45.1 Å². The lowest BCUT2D eigenvalue weighted by molar-refractivity contribution is 0.409. The third-order valence-corrected chi connectivity index (χ3v) is 3.71. The lowest BCUT2D eigenvalue weighted by atomic mass is 10.0. The molecule has 2 heterocycles. The third-order valence-electron chi connectivity index (χ3n) is 3.71. The molecule has 1 fully saturated rings. The van der Waals surface area contributed by atoms with Crippen molar-refractivity contribution in [3.05, 3.63) is 30.2 Å². The van der Waals surface area contributed by atoms with Crippen LogP contribution in [-0.2, 0) is 12.8 Å². The lowest BCUT2D eigenvalue weighted by Crippen LogP contribution is -2.17. The molecule has 2 atom stereocenters. The van der Waals surface area contributed by atoms with Crippen LogP contribution < -0.4 is 5.32 Å². The highest BCUT2D eigenvalue weighted by molar-refractivity contribution is 5.24. The minimum Gasteiger partial charge on any atom is -0.425 e. The molecule has 1 aliphatic carbocycles. The maximum Gasteiger partial charge on any atom is 0.222 e. The van der Waals surface area contributed by atoms with Gasteiger partial charge >= 0.3 is 0 Å². The molecule has 0 amide bonds. The number of aryl methyl sites for hydroxylation is 1. The van der Waals surface area contributed by atoms with Gasteiger partial charge in [0.2, 0.25) is 17.7 Å². The summed E-state index contributed by atoms with van der Waals surface area (Å²) in [6.45, 7) is 2.02. The molecule has 0 saturated heterocycles. The highest BCUT2D eigenvalue weighted by Gasteiger charge is 2.26. The Balaban J connectivity index is 1.52. The predicted molar refractivity (Wildman–Crippen MR) is 74.2 cm³/mol. The molecule has 0 radical (unpaired) electrons. The van der Waals surface area contributed by atoms with Crippen molar-refractivity contribution in [1.29, 1.82) is 0 Å². The van der Waals surface area contributed by atoms with Gasteiger partial charge in [-0.3, -0.25) is 0 Å². The fourth-order valence-electron chi connectivity index (χ4n) is 2.71. The molecular weight excluding hydrogens is 254 g/mol. The Hall–Kier alpha value is -1.98. The summed E-state index contributed by atoms with van der Waals surface area (Å²) in [5.41, 5.74) is 0. The van der Waals surface area contributed by atoms with Crippen molar-refractivity contribution < 1.29 is 4.42 Å². The highest BCUT2D eigenvalue weighted by atomic mass is 16.4. The van der Waals surface area contributed by atoms with E-state index in [0.717, 1.165) is 37.5 Å². The van der Waals surface area contributed by atoms with Crippen LogP contribution in [-0.4, -0.2) is 26.2 Å². The van der Waals surface area contributed by atoms with E-state index in [4.69, 9.17) is 4.42 Å². The van der Waals surface area contributed by atoms with Crippen LogP contribution in [0.4, 0.5) is 5.95 Å². The van der Waals surface area contributed by atoms with Crippen LogP contribution in [0.2, 0.25) is 0 Å². The van der Waals surface area contributed by atoms with Gasteiger partial charge in [-0.2, -0.15) is 0 Å². The van der Waals surface area contributed by atoms with Gasteiger partial charge in [0, 0.05) is 31.3 Å². The summed E-state index contributed by atoms with van der Waals surface area (Å²) in [4.78, 5) is 8.41. The zero-order chi connectivity index (χ0) is 13.8. The van der Waals surface area contributed by atoms with Crippen LogP contribution in [0.25, 0.3) is 0 Å². The Kier molecular flexibility index (Phi) is 3.90. The van der Waals surface area contributed by atoms with Gasteiger partial charge in [-0.15, -0.1) is 10.2 Å². The molecule has 1 aliphatic rings. The summed E-state index contributed by atoms with van der Waals surface area (Å²) in [6, 6.07) is 2.26. The average molecular weight is 273 g/mol. The number of anilines is 1. The van der Waals surface area contributed by atoms with Crippen LogP contribution >= 0.6 is 0 Å². The Morgan fingerprint density at radius 2 is 2.00 bits per heavy atom. The molecule has 3 rings (SSSR count). The molecule has 6 nitrogen and oxygen atoms in total. The first kappa shape index (κ1) is 13.0. The topological polar surface area (TPSA) is 76.7 Å². The maximum atomic E-state index is 5.58. The van der Waals surface area contributed by atoms with E-state index in [1.54, 1.807) is 12.4 Å². The van der Waals surface area contributed by atoms with E-state index in [9.17, 15) is 0 Å². The Labute approximate surface area is 118 Å². The molecule has 0 aliphatic heterocycles. The zero-order valence-electron chi connectivity index (χ0n) is 11.6. The van der Waals surface area contributed by atoms with E-state index in [-0.39, 0.29) is 0 Å². The molecular formula is C14H19N5O. The van der Waals surface area contributed by atoms with Gasteiger partial charge in [0.05, 0.1) is 0 Å². The molecule has 2 aromatic heterocycles. The first-order valence-corrected chi connectivity index (χ1v) is 7.18. The van der Waals surface area contributed by atoms with E-state index >= 15 is 0 Å². The summed E-state index contributed by atoms with van der Waals surface area (Å²) < 4.78 is 5.58. The normalized spacial score (nSPS) is 22.1. The van der Waals surface area contributed by atoms with Gasteiger partial charge in [0.1, 0.15) is 0 Å². The molecule has 1 saturated carbocycles. The van der Waals surface area contributed by atoms with Crippen molar-refractivity contribution in [3.63, 3.8) is 0 Å². The number of rotatable bonds is 5. The first-order chi connectivity index (χ1) is 9.83. The van der Waals surface area contributed by atoms with Crippen molar-refractivity contribution in [2.24, 2.45) is 5.92 Å². The molecule has 0 aromatic carbocycles. The summed E-state index contributed by atoms with van der Waals surface area (Å²) in [5.74, 6) is 2.80. The number of nitrogens with zero attached hydrogens (tertiary/aromatic N) is 4. The van der Waals surface area contributed by atoms with Gasteiger partial charge in [-0.1, -0.05) is 6.92 Å². The Bertz CT molecular complexity index is 542.